The number of aliphatic carboxylic acids is 1. The number of alkyl carbamates (subject to hydrolysis) is 1. The molecule has 0 heterocycles. The van der Waals surface area contributed by atoms with Gasteiger partial charge < -0.3 is 20.5 Å². The van der Waals surface area contributed by atoms with Crippen LogP contribution in [0.5, 0.6) is 0 Å². The van der Waals surface area contributed by atoms with Gasteiger partial charge in [-0.25, -0.2) is 4.79 Å². The lowest BCUT2D eigenvalue weighted by Gasteiger charge is -2.16. The molecule has 0 spiro atoms. The van der Waals surface area contributed by atoms with Crippen molar-refractivity contribution in [2.75, 3.05) is 13.2 Å². The van der Waals surface area contributed by atoms with Crippen LogP contribution in [0.25, 0.3) is 11.1 Å². The van der Waals surface area contributed by atoms with Gasteiger partial charge in [-0.05, 0) is 41.5 Å². The zero-order chi connectivity index (χ0) is 25.0. The fourth-order valence-corrected chi connectivity index (χ4v) is 4.69. The van der Waals surface area contributed by atoms with E-state index >= 15 is 0 Å². The number of amides is 2. The number of hydrogen-bond donors (Lipinski definition) is 3. The Kier molecular flexibility index (Phi) is 10.1. The smallest absolute Gasteiger partial charge is 0.407 e. The van der Waals surface area contributed by atoms with Gasteiger partial charge in [0, 0.05) is 24.9 Å². The van der Waals surface area contributed by atoms with E-state index in [0.29, 0.717) is 26.0 Å². The molecule has 7 heteroatoms. The normalized spacial score (nSPS) is 12.9. The molecule has 188 valence electrons. The average molecular weight is 481 g/mol. The Balaban J connectivity index is 1.29. The van der Waals surface area contributed by atoms with E-state index in [4.69, 9.17) is 9.84 Å². The number of unbranched alkanes of at least 4 members (excludes halogenated alkanes) is 3. The maximum Gasteiger partial charge on any atom is 0.407 e. The lowest BCUT2D eigenvalue weighted by Crippen LogP contribution is -2.36. The van der Waals surface area contributed by atoms with Gasteiger partial charge in [0.1, 0.15) is 6.61 Å². The van der Waals surface area contributed by atoms with Crippen molar-refractivity contribution in [1.82, 2.24) is 10.6 Å². The summed E-state index contributed by atoms with van der Waals surface area (Å²) in [5, 5.41) is 14.6. The lowest BCUT2D eigenvalue weighted by molar-refractivity contribution is -0.137. The molecule has 1 aliphatic carbocycles. The van der Waals surface area contributed by atoms with Crippen LogP contribution in [0, 0.1) is 0 Å². The Morgan fingerprint density at radius 3 is 2.20 bits per heavy atom. The molecule has 1 unspecified atom stereocenters. The van der Waals surface area contributed by atoms with Gasteiger partial charge in [-0.3, -0.25) is 9.59 Å². The first-order valence-corrected chi connectivity index (χ1v) is 12.6. The molecule has 0 fully saturated rings. The van der Waals surface area contributed by atoms with Crippen molar-refractivity contribution in [3.8, 4) is 11.1 Å². The first-order chi connectivity index (χ1) is 17.0. The molecule has 3 rings (SSSR count). The summed E-state index contributed by atoms with van der Waals surface area (Å²) >= 11 is 0. The number of hydrogen-bond acceptors (Lipinski definition) is 4. The first kappa shape index (κ1) is 26.3. The van der Waals surface area contributed by atoms with E-state index in [9.17, 15) is 14.4 Å². The van der Waals surface area contributed by atoms with Gasteiger partial charge in [0.15, 0.2) is 0 Å². The van der Waals surface area contributed by atoms with Crippen molar-refractivity contribution in [3.63, 3.8) is 0 Å². The van der Waals surface area contributed by atoms with E-state index in [-0.39, 0.29) is 24.3 Å². The topological polar surface area (TPSA) is 105 Å². The molecule has 0 bridgehead atoms. The zero-order valence-electron chi connectivity index (χ0n) is 20.4. The first-order valence-electron chi connectivity index (χ1n) is 12.6. The van der Waals surface area contributed by atoms with Crippen LogP contribution in [0.4, 0.5) is 4.79 Å². The van der Waals surface area contributed by atoms with E-state index in [1.54, 1.807) is 0 Å². The average Bonchev–Trinajstić information content (AvgIpc) is 3.15. The molecule has 1 aliphatic rings. The van der Waals surface area contributed by atoms with Crippen molar-refractivity contribution in [1.29, 1.82) is 0 Å². The fraction of sp³-hybridized carbons (Fsp3) is 0.464. The number of rotatable bonds is 14. The highest BCUT2D eigenvalue weighted by molar-refractivity contribution is 5.79. The van der Waals surface area contributed by atoms with E-state index in [0.717, 1.165) is 32.1 Å². The Hall–Kier alpha value is -3.35. The van der Waals surface area contributed by atoms with Crippen LogP contribution in [-0.4, -0.2) is 42.3 Å². The molecule has 2 amide bonds. The Morgan fingerprint density at radius 1 is 0.943 bits per heavy atom. The summed E-state index contributed by atoms with van der Waals surface area (Å²) in [4.78, 5) is 35.1. The van der Waals surface area contributed by atoms with Crippen LogP contribution in [-0.2, 0) is 14.3 Å². The Morgan fingerprint density at radius 2 is 1.57 bits per heavy atom. The molecule has 3 N–H and O–H groups in total. The molecular weight excluding hydrogens is 444 g/mol. The Labute approximate surface area is 207 Å². The number of carbonyl (C=O) groups excluding carboxylic acids is 2. The van der Waals surface area contributed by atoms with E-state index in [1.807, 2.05) is 31.2 Å². The number of carboxylic acid groups (broad SMARTS) is 1. The molecule has 0 aromatic heterocycles. The fourth-order valence-electron chi connectivity index (χ4n) is 4.69. The molecule has 0 saturated carbocycles. The molecule has 35 heavy (non-hydrogen) atoms. The number of carbonyl (C=O) groups is 3. The monoisotopic (exact) mass is 480 g/mol. The third-order valence-electron chi connectivity index (χ3n) is 6.37. The molecule has 2 aromatic carbocycles. The van der Waals surface area contributed by atoms with Gasteiger partial charge in [0.2, 0.25) is 5.91 Å². The predicted octanol–water partition coefficient (Wildman–Crippen LogP) is 5.24. The van der Waals surface area contributed by atoms with Crippen molar-refractivity contribution in [2.24, 2.45) is 0 Å². The van der Waals surface area contributed by atoms with Gasteiger partial charge in [-0.2, -0.15) is 0 Å². The summed E-state index contributed by atoms with van der Waals surface area (Å²) in [6.45, 7) is 2.80. The highest BCUT2D eigenvalue weighted by Crippen LogP contribution is 2.44. The van der Waals surface area contributed by atoms with Crippen molar-refractivity contribution in [3.05, 3.63) is 59.7 Å². The molecule has 0 radical (unpaired) electrons. The highest BCUT2D eigenvalue weighted by atomic mass is 16.5. The van der Waals surface area contributed by atoms with Crippen molar-refractivity contribution in [2.45, 2.75) is 70.3 Å². The van der Waals surface area contributed by atoms with Gasteiger partial charge in [0.25, 0.3) is 0 Å². The van der Waals surface area contributed by atoms with Gasteiger partial charge in [-0.15, -0.1) is 0 Å². The molecule has 0 aliphatic heterocycles. The molecule has 2 aromatic rings. The third-order valence-corrected chi connectivity index (χ3v) is 6.37. The maximum absolute atomic E-state index is 12.2. The SMILES string of the molecule is CCCC(CC(=O)O)NC(=O)CCCCCCNC(=O)OCC1c2ccccc2-c2ccccc21. The number of carboxylic acids is 1. The minimum absolute atomic E-state index is 0.0406. The minimum atomic E-state index is -0.896. The van der Waals surface area contributed by atoms with E-state index in [2.05, 4.69) is 34.9 Å². The maximum atomic E-state index is 12.2. The standard InChI is InChI=1S/C28H36N2O5/c1-2-11-20(18-27(32)33)30-26(31)16-5-3-4-10-17-29-28(34)35-19-25-23-14-8-6-12-21(23)22-13-7-9-15-24(22)25/h6-9,12-15,20,25H,2-5,10-11,16-19H2,1H3,(H,29,34)(H,30,31)(H,32,33). The Bertz CT molecular complexity index is 961. The van der Waals surface area contributed by atoms with Crippen LogP contribution in [0.3, 0.4) is 0 Å². The second kappa shape index (κ2) is 13.5. The summed E-state index contributed by atoms with van der Waals surface area (Å²) in [6.07, 6.45) is 4.75. The second-order valence-corrected chi connectivity index (χ2v) is 9.07. The van der Waals surface area contributed by atoms with Gasteiger partial charge in [0.05, 0.1) is 6.42 Å². The minimum Gasteiger partial charge on any atom is -0.481 e. The van der Waals surface area contributed by atoms with Crippen molar-refractivity contribution < 1.29 is 24.2 Å². The molecular formula is C28H36N2O5. The zero-order valence-corrected chi connectivity index (χ0v) is 20.4. The second-order valence-electron chi connectivity index (χ2n) is 9.07. The predicted molar refractivity (Wildman–Crippen MR) is 135 cm³/mol. The summed E-state index contributed by atoms with van der Waals surface area (Å²) in [5.74, 6) is -0.944. The van der Waals surface area contributed by atoms with Crippen LogP contribution >= 0.6 is 0 Å². The number of fused-ring (bicyclic) bond motifs is 3. The highest BCUT2D eigenvalue weighted by Gasteiger charge is 2.28. The molecule has 0 saturated heterocycles. The van der Waals surface area contributed by atoms with Crippen LogP contribution < -0.4 is 10.6 Å². The number of benzene rings is 2. The molecule has 1 atom stereocenters. The van der Waals surface area contributed by atoms with Crippen molar-refractivity contribution >= 4 is 18.0 Å². The largest absolute Gasteiger partial charge is 0.481 e. The quantitative estimate of drug-likeness (QED) is 0.321. The summed E-state index contributed by atoms with van der Waals surface area (Å²) in [7, 11) is 0. The van der Waals surface area contributed by atoms with E-state index < -0.39 is 12.1 Å². The summed E-state index contributed by atoms with van der Waals surface area (Å²) < 4.78 is 5.54. The van der Waals surface area contributed by atoms with Gasteiger partial charge >= 0.3 is 12.1 Å². The number of nitrogens with one attached hydrogen (secondary N) is 2. The number of ether oxygens (including phenoxy) is 1. The van der Waals surface area contributed by atoms with Crippen LogP contribution in [0.1, 0.15) is 75.3 Å². The van der Waals surface area contributed by atoms with E-state index in [1.165, 1.54) is 22.3 Å². The summed E-state index contributed by atoms with van der Waals surface area (Å²) in [5.41, 5.74) is 4.78. The lowest BCUT2D eigenvalue weighted by atomic mass is 9.98. The van der Waals surface area contributed by atoms with Gasteiger partial charge in [-0.1, -0.05) is 74.7 Å². The van der Waals surface area contributed by atoms with Crippen LogP contribution in [0.15, 0.2) is 48.5 Å². The summed E-state index contributed by atoms with van der Waals surface area (Å²) in [6, 6.07) is 16.2. The third kappa shape index (κ3) is 7.84. The van der Waals surface area contributed by atoms with Crippen LogP contribution in [0.2, 0.25) is 0 Å². The molecule has 7 nitrogen and oxygen atoms in total.